The molecule has 0 saturated carbocycles. The predicted molar refractivity (Wildman–Crippen MR) is 210 cm³/mol. The Bertz CT molecular complexity index is 2600. The molecule has 0 spiro atoms. The predicted octanol–water partition coefficient (Wildman–Crippen LogP) is 12.1. The Kier molecular flexibility index (Phi) is 6.95. The summed E-state index contributed by atoms with van der Waals surface area (Å²) in [7, 11) is 0. The van der Waals surface area contributed by atoms with Crippen LogP contribution in [-0.2, 0) is 0 Å². The maximum atomic E-state index is 6.57. The highest BCUT2D eigenvalue weighted by Gasteiger charge is 2.36. The Balaban J connectivity index is 1.18. The number of rotatable bonds is 5. The van der Waals surface area contributed by atoms with E-state index in [0.29, 0.717) is 5.82 Å². The first-order chi connectivity index (χ1) is 25.3. The maximum Gasteiger partial charge on any atom is 0.160 e. The third-order valence-electron chi connectivity index (χ3n) is 10.2. The average molecular weight is 653 g/mol. The van der Waals surface area contributed by atoms with Crippen molar-refractivity contribution in [3.63, 3.8) is 0 Å². The molecule has 0 radical (unpaired) electrons. The molecule has 10 rings (SSSR count). The Morgan fingerprint density at radius 2 is 1.08 bits per heavy atom. The molecular weight excluding hydrogens is 621 g/mol. The molecule has 1 aromatic heterocycles. The minimum absolute atomic E-state index is 0.0495. The molecule has 3 heteroatoms. The number of hydrogen-bond donors (Lipinski definition) is 0. The topological polar surface area (TPSA) is 35.0 Å². The first-order valence-electron chi connectivity index (χ1n) is 17.5. The molecule has 7 aromatic carbocycles. The smallest absolute Gasteiger partial charge is 0.160 e. The van der Waals surface area contributed by atoms with Crippen LogP contribution in [0, 0.1) is 0 Å². The summed E-state index contributed by atoms with van der Waals surface area (Å²) in [6.45, 7) is 0. The minimum atomic E-state index is -0.0495. The zero-order valence-electron chi connectivity index (χ0n) is 27.8. The Morgan fingerprint density at radius 1 is 0.451 bits per heavy atom. The molecule has 3 nitrogen and oxygen atoms in total. The van der Waals surface area contributed by atoms with Crippen LogP contribution in [0.2, 0.25) is 0 Å². The van der Waals surface area contributed by atoms with Crippen molar-refractivity contribution in [1.29, 1.82) is 0 Å². The quantitative estimate of drug-likeness (QED) is 0.174. The summed E-state index contributed by atoms with van der Waals surface area (Å²) in [5.41, 5.74) is 10.7. The van der Waals surface area contributed by atoms with Crippen LogP contribution in [0.3, 0.4) is 0 Å². The van der Waals surface area contributed by atoms with Gasteiger partial charge in [-0.15, -0.1) is 0 Å². The summed E-state index contributed by atoms with van der Waals surface area (Å²) in [5, 5.41) is 5.04. The summed E-state index contributed by atoms with van der Waals surface area (Å²) in [6, 6.07) is 55.8. The van der Waals surface area contributed by atoms with Gasteiger partial charge in [0.25, 0.3) is 0 Å². The highest BCUT2D eigenvalue weighted by molar-refractivity contribution is 6.13. The summed E-state index contributed by atoms with van der Waals surface area (Å²) < 4.78 is 6.57. The van der Waals surface area contributed by atoms with Gasteiger partial charge in [0.2, 0.25) is 0 Å². The first-order valence-corrected chi connectivity index (χ1v) is 17.5. The monoisotopic (exact) mass is 652 g/mol. The molecule has 2 heterocycles. The van der Waals surface area contributed by atoms with Crippen LogP contribution in [0.5, 0.6) is 5.75 Å². The van der Waals surface area contributed by atoms with Crippen molar-refractivity contribution < 1.29 is 4.74 Å². The molecule has 8 aromatic rings. The van der Waals surface area contributed by atoms with E-state index in [-0.39, 0.29) is 12.0 Å². The average Bonchev–Trinajstić information content (AvgIpc) is 3.60. The number of allylic oxidation sites excluding steroid dienone is 2. The van der Waals surface area contributed by atoms with E-state index in [1.165, 1.54) is 38.2 Å². The summed E-state index contributed by atoms with van der Waals surface area (Å²) in [4.78, 5) is 10.4. The lowest BCUT2D eigenvalue weighted by Crippen LogP contribution is -2.16. The zero-order valence-corrected chi connectivity index (χ0v) is 27.8. The highest BCUT2D eigenvalue weighted by atomic mass is 16.5. The van der Waals surface area contributed by atoms with Gasteiger partial charge in [-0.2, -0.15) is 0 Å². The van der Waals surface area contributed by atoms with Gasteiger partial charge in [-0.05, 0) is 74.1 Å². The normalized spacial score (nSPS) is 15.8. The van der Waals surface area contributed by atoms with E-state index in [4.69, 9.17) is 14.7 Å². The van der Waals surface area contributed by atoms with Crippen LogP contribution < -0.4 is 4.74 Å². The van der Waals surface area contributed by atoms with Crippen molar-refractivity contribution in [3.05, 3.63) is 188 Å². The third-order valence-corrected chi connectivity index (χ3v) is 10.2. The number of ether oxygens (including phenoxy) is 1. The van der Waals surface area contributed by atoms with Crippen molar-refractivity contribution in [2.24, 2.45) is 0 Å². The SMILES string of the molecule is C1=CC2Oc3ccc(-c4ccc(-c5cc6ccccc6c6ccccc56)cc4)c(-c4cc(-c5ccccc5)nc(-c5ccccc5)n4)c3C2C=C1. The molecule has 2 atom stereocenters. The van der Waals surface area contributed by atoms with Crippen molar-refractivity contribution in [2.45, 2.75) is 12.0 Å². The molecule has 0 bridgehead atoms. The van der Waals surface area contributed by atoms with Crippen LogP contribution in [0.4, 0.5) is 0 Å². The van der Waals surface area contributed by atoms with E-state index < -0.39 is 0 Å². The van der Waals surface area contributed by atoms with Crippen molar-refractivity contribution in [3.8, 4) is 61.9 Å². The summed E-state index contributed by atoms with van der Waals surface area (Å²) >= 11 is 0. The number of aromatic nitrogens is 2. The van der Waals surface area contributed by atoms with E-state index in [1.54, 1.807) is 0 Å². The van der Waals surface area contributed by atoms with Gasteiger partial charge in [0.05, 0.1) is 11.4 Å². The van der Waals surface area contributed by atoms with Crippen LogP contribution in [0.25, 0.3) is 77.7 Å². The third kappa shape index (κ3) is 5.05. The lowest BCUT2D eigenvalue weighted by atomic mass is 9.83. The lowest BCUT2D eigenvalue weighted by Gasteiger charge is -2.19. The molecule has 0 saturated heterocycles. The van der Waals surface area contributed by atoms with Crippen molar-refractivity contribution in [1.82, 2.24) is 9.97 Å². The van der Waals surface area contributed by atoms with Gasteiger partial charge in [0.1, 0.15) is 11.9 Å². The maximum absolute atomic E-state index is 6.57. The first kappa shape index (κ1) is 29.3. The minimum Gasteiger partial charge on any atom is -0.485 e. The van der Waals surface area contributed by atoms with Crippen molar-refractivity contribution in [2.75, 3.05) is 0 Å². The molecule has 240 valence electrons. The standard InChI is InChI=1S/C48H32N2O/c1-3-13-33(14-4-1)42-30-43(50-48(49-42)34-15-5-2-6-16-34)46-37(27-28-45-47(46)40-21-11-12-22-44(40)51-45)31-23-25-32(26-24-31)41-29-35-17-7-8-18-36(35)38-19-9-10-20-39(38)41/h1-30,40,44H. The Morgan fingerprint density at radius 3 is 1.86 bits per heavy atom. The zero-order chi connectivity index (χ0) is 33.7. The second-order valence-electron chi connectivity index (χ2n) is 13.2. The van der Waals surface area contributed by atoms with Crippen molar-refractivity contribution >= 4 is 21.5 Å². The molecule has 2 unspecified atom stereocenters. The second kappa shape index (κ2) is 12.1. The van der Waals surface area contributed by atoms with E-state index >= 15 is 0 Å². The van der Waals surface area contributed by atoms with Crippen LogP contribution in [-0.4, -0.2) is 16.1 Å². The van der Waals surface area contributed by atoms with Gasteiger partial charge in [0.15, 0.2) is 5.82 Å². The molecular formula is C48H32N2O. The highest BCUT2D eigenvalue weighted by Crippen LogP contribution is 2.50. The second-order valence-corrected chi connectivity index (χ2v) is 13.2. The Labute approximate surface area is 296 Å². The molecule has 1 aliphatic heterocycles. The van der Waals surface area contributed by atoms with Crippen LogP contribution in [0.1, 0.15) is 11.5 Å². The van der Waals surface area contributed by atoms with E-state index in [0.717, 1.165) is 45.0 Å². The number of benzene rings is 7. The van der Waals surface area contributed by atoms with Gasteiger partial charge >= 0.3 is 0 Å². The molecule has 0 amide bonds. The molecule has 1 aliphatic carbocycles. The Hall–Kier alpha value is -6.58. The largest absolute Gasteiger partial charge is 0.485 e. The summed E-state index contributed by atoms with van der Waals surface area (Å²) in [5.74, 6) is 1.68. The van der Waals surface area contributed by atoms with Crippen LogP contribution in [0.15, 0.2) is 182 Å². The molecule has 2 aliphatic rings. The van der Waals surface area contributed by atoms with E-state index in [9.17, 15) is 0 Å². The van der Waals surface area contributed by atoms with Gasteiger partial charge < -0.3 is 4.74 Å². The fourth-order valence-electron chi connectivity index (χ4n) is 7.83. The van der Waals surface area contributed by atoms with Gasteiger partial charge in [-0.1, -0.05) is 152 Å². The fourth-order valence-corrected chi connectivity index (χ4v) is 7.83. The van der Waals surface area contributed by atoms with E-state index in [1.807, 2.05) is 24.3 Å². The summed E-state index contributed by atoms with van der Waals surface area (Å²) in [6.07, 6.45) is 8.57. The number of nitrogens with zero attached hydrogens (tertiary/aromatic N) is 2. The van der Waals surface area contributed by atoms with Crippen LogP contribution >= 0.6 is 0 Å². The number of hydrogen-bond acceptors (Lipinski definition) is 3. The molecule has 51 heavy (non-hydrogen) atoms. The lowest BCUT2D eigenvalue weighted by molar-refractivity contribution is 0.269. The van der Waals surface area contributed by atoms with Gasteiger partial charge in [-0.3, -0.25) is 0 Å². The molecule has 0 fully saturated rings. The molecule has 0 N–H and O–H groups in total. The van der Waals surface area contributed by atoms with Gasteiger partial charge in [0, 0.05) is 28.2 Å². The van der Waals surface area contributed by atoms with E-state index in [2.05, 4.69) is 158 Å². The fraction of sp³-hybridized carbons (Fsp3) is 0.0417. The van der Waals surface area contributed by atoms with Gasteiger partial charge in [-0.25, -0.2) is 9.97 Å². The number of fused-ring (bicyclic) bond motifs is 6.